The molecule has 8 heterocycles. The minimum atomic E-state index is -3.28. The SMILES string of the molecule is CC(=O)N[C@H]1[C@H](O[C@H]2[C@@H](O)[C@H](O)[C@@H](CO[C@@H]3O[C@H](CO)[C@@H](O[C@@H]4O[C@H](CO)[C@H](O)[C@H](O[C@]5(C(=O)O)C[C@H](O)[C@@H](NC(C)=O)[C@H]([C@H](O)[C@H](O)CO)O5)[C@H]4O)[C@H](O[C@@H]4O[C@@H](C)[C@@H](O)[C@@H](O)[C@@H]4O)[C@H]3NC(C)=O)O[C@@H]2O)O[C@H](CO)[C@@H](O[C@@H]2O[C@H](CO)[C@H](O)[C@H](O)[C@H]2O)[C@@H]1O[C@@H]1O[C@@H](C)[C@@H](O)[C@@H](O)[C@@H]1O. The van der Waals surface area contributed by atoms with E-state index in [9.17, 15) is 137 Å². The molecular weight excluding hydrogens is 1400 g/mol. The fourth-order valence-electron chi connectivity index (χ4n) is 13.2. The van der Waals surface area contributed by atoms with Gasteiger partial charge in [-0.05, 0) is 13.8 Å². The molecule has 45 nitrogen and oxygen atoms in total. The van der Waals surface area contributed by atoms with Crippen LogP contribution in [-0.4, -0.2) is 432 Å². The average Bonchev–Trinajstić information content (AvgIpc) is 0.759. The number of carbonyl (C=O) groups is 4. The van der Waals surface area contributed by atoms with Gasteiger partial charge >= 0.3 is 5.97 Å². The van der Waals surface area contributed by atoms with E-state index in [2.05, 4.69) is 16.0 Å². The Morgan fingerprint density at radius 2 is 0.814 bits per heavy atom. The standard InChI is InChI=1S/C57H95N3O42/c1-13-28(71)34(77)38(81)52(89-13)98-45-26(59-16(4)67)50(94-22(10-64)42(45)97-55-41(84)47(33(76)21(9-63)93-55)102-57(56(86)87)6-18(69)25(58-15(3)66)44(101-57)30(73)19(70)7-61)88-12-24-32(75)37(80)48(49(85)91-24)100-51-27(60-17(5)68)46(99-53-39(82)35(78)29(72)14(2)90-53)43(23(11-65)95-51)96-54-40(83)36(79)31(74)20(8-62)92-54/h13-14,18-55,61-65,69-85H,6-12H2,1-5H3,(H,58,66)(H,59,67)(H,60,68)(H,86,87)/t13-,14-,18-,19+,20+,21+,22+,23+,24+,25+,26+,27+,28+,29+,30+,31-,32+,33-,34+,35+,36-,37-,38-,39-,40+,41+,42+,43+,44+,45+,46+,47-,48-,49-,50+,51-,52-,53-,54-,55-,57-/m0/s1. The van der Waals surface area contributed by atoms with E-state index < -0.39 is 321 Å². The molecule has 0 bridgehead atoms. The molecule has 8 fully saturated rings. The van der Waals surface area contributed by atoms with Crippen molar-refractivity contribution in [3.05, 3.63) is 0 Å². The van der Waals surface area contributed by atoms with E-state index in [0.29, 0.717) is 0 Å². The van der Waals surface area contributed by atoms with Crippen LogP contribution in [0.5, 0.6) is 0 Å². The number of aliphatic hydroxyl groups excluding tert-OH is 22. The quantitative estimate of drug-likeness (QED) is 0.0382. The van der Waals surface area contributed by atoms with Crippen molar-refractivity contribution in [2.75, 3.05) is 39.6 Å². The Bertz CT molecular complexity index is 2710. The van der Waals surface area contributed by atoms with Crippen LogP contribution in [0.2, 0.25) is 0 Å². The summed E-state index contributed by atoms with van der Waals surface area (Å²) in [5.74, 6) is -8.16. The summed E-state index contributed by atoms with van der Waals surface area (Å²) in [4.78, 5) is 51.8. The van der Waals surface area contributed by atoms with Crippen LogP contribution in [-0.2, 0) is 90.2 Å². The number of carboxylic acids is 1. The lowest BCUT2D eigenvalue weighted by atomic mass is 9.88. The topological polar surface area (TPSA) is 708 Å². The highest BCUT2D eigenvalue weighted by molar-refractivity contribution is 5.77. The van der Waals surface area contributed by atoms with Crippen LogP contribution in [0.15, 0.2) is 0 Å². The Kier molecular flexibility index (Phi) is 29.3. The van der Waals surface area contributed by atoms with E-state index in [1.54, 1.807) is 0 Å². The highest BCUT2D eigenvalue weighted by Crippen LogP contribution is 2.41. The number of hydrogen-bond donors (Lipinski definition) is 26. The molecule has 0 saturated carbocycles. The van der Waals surface area contributed by atoms with Crippen molar-refractivity contribution in [2.45, 2.75) is 292 Å². The van der Waals surface area contributed by atoms with Gasteiger partial charge in [-0.25, -0.2) is 4.79 Å². The highest BCUT2D eigenvalue weighted by Gasteiger charge is 2.63. The van der Waals surface area contributed by atoms with Crippen LogP contribution >= 0.6 is 0 Å². The van der Waals surface area contributed by atoms with Crippen LogP contribution in [0.1, 0.15) is 41.0 Å². The normalized spacial score (nSPS) is 48.7. The predicted octanol–water partition coefficient (Wildman–Crippen LogP) is -16.8. The molecule has 0 radical (unpaired) electrons. The van der Waals surface area contributed by atoms with Crippen molar-refractivity contribution < 1.29 is 208 Å². The summed E-state index contributed by atoms with van der Waals surface area (Å²) in [6, 6.07) is -5.52. The highest BCUT2D eigenvalue weighted by atomic mass is 16.8. The van der Waals surface area contributed by atoms with Gasteiger partial charge in [0.05, 0.1) is 64.0 Å². The molecule has 3 amide bonds. The Morgan fingerprint density at radius 3 is 1.27 bits per heavy atom. The summed E-state index contributed by atoms with van der Waals surface area (Å²) in [7, 11) is 0. The van der Waals surface area contributed by atoms with Crippen LogP contribution in [0.4, 0.5) is 0 Å². The largest absolute Gasteiger partial charge is 0.477 e. The predicted molar refractivity (Wildman–Crippen MR) is 314 cm³/mol. The molecular formula is C57H95N3O42. The smallest absolute Gasteiger partial charge is 0.364 e. The minimum Gasteiger partial charge on any atom is -0.477 e. The van der Waals surface area contributed by atoms with Gasteiger partial charge in [0.15, 0.2) is 44.0 Å². The first-order chi connectivity index (χ1) is 48.0. The Morgan fingerprint density at radius 1 is 0.422 bits per heavy atom. The lowest BCUT2D eigenvalue weighted by molar-refractivity contribution is -0.394. The van der Waals surface area contributed by atoms with E-state index in [1.165, 1.54) is 13.8 Å². The van der Waals surface area contributed by atoms with Gasteiger partial charge in [0.25, 0.3) is 5.79 Å². The molecule has 26 N–H and O–H groups in total. The van der Waals surface area contributed by atoms with Gasteiger partial charge in [0.2, 0.25) is 17.7 Å². The molecule has 41 atom stereocenters. The zero-order valence-electron chi connectivity index (χ0n) is 55.1. The number of amides is 3. The molecule has 45 heteroatoms. The maximum atomic E-state index is 13.3. The first-order valence-corrected chi connectivity index (χ1v) is 32.5. The monoisotopic (exact) mass is 1490 g/mol. The molecule has 102 heavy (non-hydrogen) atoms. The molecule has 8 saturated heterocycles. The molecule has 8 aliphatic heterocycles. The first-order valence-electron chi connectivity index (χ1n) is 32.5. The summed E-state index contributed by atoms with van der Waals surface area (Å²) in [6.07, 6.45) is -76.5. The molecule has 0 aromatic heterocycles. The number of rotatable bonds is 26. The fraction of sp³-hybridized carbons (Fsp3) is 0.930. The Balaban J connectivity index is 1.06. The third-order valence-corrected chi connectivity index (χ3v) is 18.7. The number of ether oxygens (including phenoxy) is 15. The molecule has 8 rings (SSSR count). The van der Waals surface area contributed by atoms with Gasteiger partial charge in [-0.15, -0.1) is 0 Å². The van der Waals surface area contributed by atoms with Crippen molar-refractivity contribution in [1.29, 1.82) is 0 Å². The van der Waals surface area contributed by atoms with Crippen LogP contribution in [0.3, 0.4) is 0 Å². The van der Waals surface area contributed by atoms with Crippen molar-refractivity contribution in [3.8, 4) is 0 Å². The van der Waals surface area contributed by atoms with Crippen molar-refractivity contribution in [3.63, 3.8) is 0 Å². The number of hydrogen-bond acceptors (Lipinski definition) is 41. The molecule has 8 aliphatic rings. The number of carbonyl (C=O) groups excluding carboxylic acids is 3. The van der Waals surface area contributed by atoms with Crippen molar-refractivity contribution >= 4 is 23.7 Å². The zero-order valence-corrected chi connectivity index (χ0v) is 55.1. The first kappa shape index (κ1) is 84.0. The summed E-state index contributed by atoms with van der Waals surface area (Å²) in [6.45, 7) is -1.32. The lowest BCUT2D eigenvalue weighted by Gasteiger charge is -2.52. The minimum absolute atomic E-state index is 0.861. The number of nitrogens with one attached hydrogen (secondary N) is 3. The molecule has 0 aromatic carbocycles. The van der Waals surface area contributed by atoms with E-state index in [0.717, 1.165) is 20.8 Å². The average molecular weight is 1490 g/mol. The second-order valence-electron chi connectivity index (χ2n) is 26.0. The summed E-state index contributed by atoms with van der Waals surface area (Å²) < 4.78 is 88.6. The summed E-state index contributed by atoms with van der Waals surface area (Å²) in [5.41, 5.74) is 0. The number of aliphatic hydroxyl groups is 22. The third kappa shape index (κ3) is 18.1. The van der Waals surface area contributed by atoms with Gasteiger partial charge in [0, 0.05) is 27.2 Å². The molecule has 0 spiro atoms. The lowest BCUT2D eigenvalue weighted by Crippen LogP contribution is -2.71. The molecule has 590 valence electrons. The second-order valence-corrected chi connectivity index (χ2v) is 26.0. The maximum Gasteiger partial charge on any atom is 0.364 e. The van der Waals surface area contributed by atoms with Crippen molar-refractivity contribution in [2.24, 2.45) is 0 Å². The number of carboxylic acid groups (broad SMARTS) is 1. The fourth-order valence-corrected chi connectivity index (χ4v) is 13.2. The zero-order chi connectivity index (χ0) is 75.6. The molecule has 0 aromatic rings. The Hall–Kier alpha value is -3.60. The summed E-state index contributed by atoms with van der Waals surface area (Å²) in [5, 5.41) is 259. The maximum absolute atomic E-state index is 13.3. The van der Waals surface area contributed by atoms with E-state index in [4.69, 9.17) is 71.1 Å². The van der Waals surface area contributed by atoms with Crippen molar-refractivity contribution in [1.82, 2.24) is 16.0 Å². The van der Waals surface area contributed by atoms with Gasteiger partial charge in [-0.1, -0.05) is 0 Å². The van der Waals surface area contributed by atoms with Gasteiger partial charge in [-0.2, -0.15) is 0 Å². The van der Waals surface area contributed by atoms with E-state index in [-0.39, 0.29) is 0 Å². The number of aliphatic carboxylic acids is 1. The van der Waals surface area contributed by atoms with Gasteiger partial charge < -0.3 is 204 Å². The Labute approximate surface area is 577 Å². The van der Waals surface area contributed by atoms with Crippen LogP contribution < -0.4 is 16.0 Å². The van der Waals surface area contributed by atoms with E-state index >= 15 is 0 Å². The van der Waals surface area contributed by atoms with Crippen LogP contribution in [0, 0.1) is 0 Å². The molecule has 0 unspecified atom stereocenters. The van der Waals surface area contributed by atoms with Gasteiger partial charge in [-0.3, -0.25) is 14.4 Å². The van der Waals surface area contributed by atoms with E-state index in [1.807, 2.05) is 0 Å². The summed E-state index contributed by atoms with van der Waals surface area (Å²) >= 11 is 0. The molecule has 0 aliphatic carbocycles. The third-order valence-electron chi connectivity index (χ3n) is 18.7. The van der Waals surface area contributed by atoms with Crippen LogP contribution in [0.25, 0.3) is 0 Å². The second kappa shape index (κ2) is 35.6. The van der Waals surface area contributed by atoms with Gasteiger partial charge in [0.1, 0.15) is 177 Å².